The highest BCUT2D eigenvalue weighted by atomic mass is 16.6. The molecule has 1 spiro atoms. The topological polar surface area (TPSA) is 108 Å². The average molecular weight is 506 g/mol. The number of pyridine rings is 2. The highest BCUT2D eigenvalue weighted by Gasteiger charge is 2.44. The van der Waals surface area contributed by atoms with Gasteiger partial charge in [-0.25, -0.2) is 9.97 Å². The maximum absolute atomic E-state index is 11.6. The van der Waals surface area contributed by atoms with Crippen LogP contribution in [0.2, 0.25) is 0 Å². The summed E-state index contributed by atoms with van der Waals surface area (Å²) >= 11 is 0. The molecule has 3 aromatic rings. The van der Waals surface area contributed by atoms with Gasteiger partial charge >= 0.3 is 0 Å². The van der Waals surface area contributed by atoms with Gasteiger partial charge in [0.1, 0.15) is 17.2 Å². The Labute approximate surface area is 214 Å². The van der Waals surface area contributed by atoms with E-state index in [9.17, 15) is 9.59 Å². The number of nitrogens with one attached hydrogen (secondary N) is 1. The lowest BCUT2D eigenvalue weighted by molar-refractivity contribution is -0.135. The summed E-state index contributed by atoms with van der Waals surface area (Å²) in [7, 11) is 1.97. The summed E-state index contributed by atoms with van der Waals surface area (Å²) in [5, 5.41) is 3.71. The van der Waals surface area contributed by atoms with Crippen LogP contribution in [0.3, 0.4) is 0 Å². The third-order valence-electron chi connectivity index (χ3n) is 7.56. The third-order valence-corrected chi connectivity index (χ3v) is 7.56. The summed E-state index contributed by atoms with van der Waals surface area (Å²) in [5.41, 5.74) is 4.01. The summed E-state index contributed by atoms with van der Waals surface area (Å²) in [5.74, 6) is 1.54. The number of carbonyl (C=O) groups excluding carboxylic acids is 2. The van der Waals surface area contributed by atoms with Gasteiger partial charge in [-0.1, -0.05) is 0 Å². The van der Waals surface area contributed by atoms with E-state index in [1.54, 1.807) is 13.1 Å². The van der Waals surface area contributed by atoms with Crippen LogP contribution in [-0.2, 0) is 38.1 Å². The minimum atomic E-state index is -0.572. The number of aryl methyl sites for hydroxylation is 1. The van der Waals surface area contributed by atoms with Crippen molar-refractivity contribution < 1.29 is 23.8 Å². The first-order valence-corrected chi connectivity index (χ1v) is 12.7. The Hall–Kier alpha value is -3.50. The smallest absolute Gasteiger partial charge is 0.222 e. The molecule has 6 heterocycles. The van der Waals surface area contributed by atoms with Crippen LogP contribution in [0.1, 0.15) is 31.5 Å². The van der Waals surface area contributed by atoms with Crippen molar-refractivity contribution in [3.63, 3.8) is 0 Å². The van der Waals surface area contributed by atoms with Crippen molar-refractivity contribution in [3.05, 3.63) is 35.8 Å². The van der Waals surface area contributed by atoms with Crippen LogP contribution in [0.5, 0.6) is 5.75 Å². The molecule has 194 valence electrons. The van der Waals surface area contributed by atoms with Crippen LogP contribution in [0, 0.1) is 5.92 Å². The van der Waals surface area contributed by atoms with Crippen molar-refractivity contribution >= 4 is 28.5 Å². The molecule has 0 radical (unpaired) electrons. The highest BCUT2D eigenvalue weighted by Crippen LogP contribution is 2.44. The number of rotatable bonds is 5. The summed E-state index contributed by atoms with van der Waals surface area (Å²) in [4.78, 5) is 34.6. The number of aromatic nitrogens is 3. The molecule has 3 aliphatic rings. The second-order valence-electron chi connectivity index (χ2n) is 10.3. The molecule has 0 aliphatic carbocycles. The van der Waals surface area contributed by atoms with E-state index in [-0.39, 0.29) is 11.8 Å². The van der Waals surface area contributed by atoms with E-state index in [1.807, 2.05) is 34.8 Å². The fourth-order valence-corrected chi connectivity index (χ4v) is 5.57. The van der Waals surface area contributed by atoms with Crippen LogP contribution in [-0.4, -0.2) is 70.8 Å². The van der Waals surface area contributed by atoms with Crippen molar-refractivity contribution in [1.29, 1.82) is 0 Å². The van der Waals surface area contributed by atoms with Crippen LogP contribution in [0.15, 0.2) is 24.5 Å². The molecule has 2 amide bonds. The number of fused-ring (bicyclic) bond motifs is 3. The highest BCUT2D eigenvalue weighted by molar-refractivity contribution is 5.98. The molecule has 3 aliphatic heterocycles. The summed E-state index contributed by atoms with van der Waals surface area (Å²) in [6, 6.07) is 3.89. The van der Waals surface area contributed by atoms with Gasteiger partial charge in [0.2, 0.25) is 11.8 Å². The molecule has 2 saturated heterocycles. The quantitative estimate of drug-likeness (QED) is 0.568. The molecule has 1 atom stereocenters. The largest absolute Gasteiger partial charge is 0.493 e. The molecular weight excluding hydrogens is 474 g/mol. The molecule has 37 heavy (non-hydrogen) atoms. The van der Waals surface area contributed by atoms with Crippen LogP contribution >= 0.6 is 0 Å². The maximum Gasteiger partial charge on any atom is 0.222 e. The van der Waals surface area contributed by atoms with E-state index in [2.05, 4.69) is 10.3 Å². The molecule has 10 nitrogen and oxygen atoms in total. The fourth-order valence-electron chi connectivity index (χ4n) is 5.57. The number of nitrogens with zero attached hydrogens (tertiary/aromatic N) is 4. The van der Waals surface area contributed by atoms with Crippen LogP contribution < -0.4 is 10.1 Å². The lowest BCUT2D eigenvalue weighted by Gasteiger charge is -2.39. The van der Waals surface area contributed by atoms with Crippen LogP contribution in [0.25, 0.3) is 22.2 Å². The minimum absolute atomic E-state index is 0.101. The van der Waals surface area contributed by atoms with Gasteiger partial charge in [-0.2, -0.15) is 0 Å². The summed E-state index contributed by atoms with van der Waals surface area (Å²) in [6.45, 7) is 6.74. The van der Waals surface area contributed by atoms with Gasteiger partial charge in [-0.15, -0.1) is 0 Å². The van der Waals surface area contributed by atoms with E-state index in [4.69, 9.17) is 19.2 Å². The Morgan fingerprint density at radius 3 is 2.81 bits per heavy atom. The van der Waals surface area contributed by atoms with E-state index >= 15 is 0 Å². The monoisotopic (exact) mass is 505 g/mol. The molecule has 10 heteroatoms. The van der Waals surface area contributed by atoms with Crippen molar-refractivity contribution in [2.24, 2.45) is 13.0 Å². The molecule has 0 bridgehead atoms. The maximum atomic E-state index is 11.6. The third kappa shape index (κ3) is 4.23. The van der Waals surface area contributed by atoms with Gasteiger partial charge in [-0.05, 0) is 6.07 Å². The Kier molecular flexibility index (Phi) is 5.88. The predicted molar refractivity (Wildman–Crippen MR) is 136 cm³/mol. The van der Waals surface area contributed by atoms with Gasteiger partial charge in [-0.3, -0.25) is 9.59 Å². The molecule has 1 unspecified atom stereocenters. The normalized spacial score (nSPS) is 21.2. The number of ether oxygens (including phenoxy) is 3. The molecule has 2 fully saturated rings. The molecule has 1 N–H and O–H groups in total. The number of hydrogen-bond donors (Lipinski definition) is 1. The van der Waals surface area contributed by atoms with E-state index in [1.165, 1.54) is 6.92 Å². The van der Waals surface area contributed by atoms with Gasteiger partial charge in [0, 0.05) is 88.1 Å². The van der Waals surface area contributed by atoms with Crippen molar-refractivity contribution in [2.45, 2.75) is 32.3 Å². The standard InChI is InChI=1S/C27H31N5O5/c1-16(33)29-25-8-20-21(13-31(3)23(20)10-28-25)22-9-24(36-14-18-11-32(12-18)17(2)34)19-4-6-37-27(26(19)30-22)5-7-35-15-27/h8-10,13,18H,4-7,11-12,14-15H2,1-3H3,(H,28,29,33). The lowest BCUT2D eigenvalue weighted by Crippen LogP contribution is -2.51. The molecular formula is C27H31N5O5. The zero-order valence-electron chi connectivity index (χ0n) is 21.4. The molecule has 0 saturated carbocycles. The number of carbonyl (C=O) groups is 2. The molecule has 3 aromatic heterocycles. The number of anilines is 1. The molecule has 0 aromatic carbocycles. The fraction of sp³-hybridized carbons (Fsp3) is 0.481. The predicted octanol–water partition coefficient (Wildman–Crippen LogP) is 2.64. The van der Waals surface area contributed by atoms with E-state index in [0.717, 1.165) is 65.1 Å². The Balaban J connectivity index is 1.42. The van der Waals surface area contributed by atoms with E-state index < -0.39 is 5.60 Å². The van der Waals surface area contributed by atoms with Gasteiger partial charge in [0.05, 0.1) is 42.9 Å². The Morgan fingerprint density at radius 1 is 1.24 bits per heavy atom. The number of amides is 2. The zero-order chi connectivity index (χ0) is 25.7. The van der Waals surface area contributed by atoms with Crippen molar-refractivity contribution in [3.8, 4) is 17.0 Å². The second kappa shape index (κ2) is 9.11. The summed E-state index contributed by atoms with van der Waals surface area (Å²) in [6.07, 6.45) is 5.25. The first-order chi connectivity index (χ1) is 17.8. The SMILES string of the molecule is CC(=O)Nc1cc2c(-c3cc(OCC4CN(C(C)=O)C4)c4c(n3)C3(CCOC3)OCC4)cn(C)c2cn1. The first kappa shape index (κ1) is 23.9. The summed E-state index contributed by atoms with van der Waals surface area (Å²) < 4.78 is 20.5. The van der Waals surface area contributed by atoms with Crippen molar-refractivity contribution in [1.82, 2.24) is 19.4 Å². The first-order valence-electron chi connectivity index (χ1n) is 12.7. The minimum Gasteiger partial charge on any atom is -0.493 e. The molecule has 6 rings (SSSR count). The van der Waals surface area contributed by atoms with Crippen LogP contribution in [0.4, 0.5) is 5.82 Å². The number of hydrogen-bond acceptors (Lipinski definition) is 7. The zero-order valence-corrected chi connectivity index (χ0v) is 21.4. The Morgan fingerprint density at radius 2 is 2.08 bits per heavy atom. The Bertz CT molecular complexity index is 1390. The average Bonchev–Trinajstić information content (AvgIpc) is 3.42. The number of likely N-dealkylation sites (tertiary alicyclic amines) is 1. The second-order valence-corrected chi connectivity index (χ2v) is 10.3. The van der Waals surface area contributed by atoms with E-state index in [0.29, 0.717) is 38.2 Å². The lowest BCUT2D eigenvalue weighted by atomic mass is 9.89. The van der Waals surface area contributed by atoms with Gasteiger partial charge in [0.25, 0.3) is 0 Å². The van der Waals surface area contributed by atoms with Gasteiger partial charge < -0.3 is 29.0 Å². The van der Waals surface area contributed by atoms with Gasteiger partial charge in [0.15, 0.2) is 0 Å². The van der Waals surface area contributed by atoms with Crippen molar-refractivity contribution in [2.75, 3.05) is 44.8 Å².